The van der Waals surface area contributed by atoms with Crippen molar-refractivity contribution in [3.8, 4) is 0 Å². The number of Topliss-reactive ketones (excluding diaryl/α,β-unsaturated/α-hetero) is 1. The normalized spacial score (nSPS) is 18.8. The van der Waals surface area contributed by atoms with Crippen LogP contribution in [-0.4, -0.2) is 29.7 Å². The van der Waals surface area contributed by atoms with Crippen LogP contribution < -0.4 is 0 Å². The number of rotatable bonds is 2. The molecule has 0 N–H and O–H groups in total. The molecule has 0 saturated carbocycles. The van der Waals surface area contributed by atoms with E-state index in [0.717, 1.165) is 12.0 Å². The number of fused-ring (bicyclic) bond motifs is 1. The number of amides is 1. The maximum atomic E-state index is 12.3. The van der Waals surface area contributed by atoms with Gasteiger partial charge in [-0.05, 0) is 42.4 Å². The lowest BCUT2D eigenvalue weighted by Crippen LogP contribution is -2.39. The van der Waals surface area contributed by atoms with Crippen molar-refractivity contribution in [1.82, 2.24) is 4.90 Å². The number of benzene rings is 1. The predicted octanol–water partition coefficient (Wildman–Crippen LogP) is 2.30. The van der Waals surface area contributed by atoms with Gasteiger partial charge >= 0.3 is 0 Å². The number of carbonyl (C=O) groups excluding carboxylic acids is 2. The number of hydrogen-bond acceptors (Lipinski definition) is 2. The molecule has 20 heavy (non-hydrogen) atoms. The zero-order valence-corrected chi connectivity index (χ0v) is 11.9. The van der Waals surface area contributed by atoms with Gasteiger partial charge in [0.15, 0.2) is 0 Å². The molecule has 1 amide bonds. The number of nitrogens with zero attached hydrogens (tertiary/aromatic N) is 1. The van der Waals surface area contributed by atoms with E-state index in [0.29, 0.717) is 32.4 Å². The third-order valence-electron chi connectivity index (χ3n) is 4.44. The minimum Gasteiger partial charge on any atom is -0.342 e. The van der Waals surface area contributed by atoms with E-state index in [-0.39, 0.29) is 11.7 Å². The summed E-state index contributed by atoms with van der Waals surface area (Å²) in [7, 11) is 0. The summed E-state index contributed by atoms with van der Waals surface area (Å²) in [6.07, 6.45) is 6.40. The van der Waals surface area contributed by atoms with Crippen LogP contribution in [0.15, 0.2) is 18.2 Å². The lowest BCUT2D eigenvalue weighted by Gasteiger charge is -2.26. The third-order valence-corrected chi connectivity index (χ3v) is 4.44. The van der Waals surface area contributed by atoms with Crippen molar-refractivity contribution in [3.05, 3.63) is 34.9 Å². The molecule has 1 aliphatic heterocycles. The van der Waals surface area contributed by atoms with E-state index < -0.39 is 0 Å². The third kappa shape index (κ3) is 2.92. The number of hydrogen-bond donors (Lipinski definition) is 0. The highest BCUT2D eigenvalue weighted by atomic mass is 16.2. The van der Waals surface area contributed by atoms with Crippen molar-refractivity contribution < 1.29 is 9.59 Å². The molecule has 1 heterocycles. The Kier molecular flexibility index (Phi) is 3.86. The summed E-state index contributed by atoms with van der Waals surface area (Å²) in [6.45, 7) is 1.20. The molecule has 3 heteroatoms. The van der Waals surface area contributed by atoms with Crippen LogP contribution in [0.5, 0.6) is 0 Å². The largest absolute Gasteiger partial charge is 0.342 e. The molecule has 106 valence electrons. The molecule has 0 atom stereocenters. The van der Waals surface area contributed by atoms with Crippen LogP contribution in [0.25, 0.3) is 0 Å². The van der Waals surface area contributed by atoms with Gasteiger partial charge in [-0.25, -0.2) is 0 Å². The summed E-state index contributed by atoms with van der Waals surface area (Å²) >= 11 is 0. The lowest BCUT2D eigenvalue weighted by atomic mass is 9.90. The molecule has 1 aliphatic carbocycles. The molecule has 3 nitrogen and oxygen atoms in total. The molecule has 1 aromatic rings. The molecule has 0 spiro atoms. The highest BCUT2D eigenvalue weighted by Crippen LogP contribution is 2.22. The first-order valence-electron chi connectivity index (χ1n) is 7.62. The van der Waals surface area contributed by atoms with Crippen LogP contribution in [0.3, 0.4) is 0 Å². The second kappa shape index (κ2) is 5.78. The average Bonchev–Trinajstić information content (AvgIpc) is 2.48. The first kappa shape index (κ1) is 13.3. The second-order valence-electron chi connectivity index (χ2n) is 5.91. The van der Waals surface area contributed by atoms with Crippen molar-refractivity contribution in [2.75, 3.05) is 13.1 Å². The average molecular weight is 271 g/mol. The van der Waals surface area contributed by atoms with E-state index in [1.807, 2.05) is 4.90 Å². The Morgan fingerprint density at radius 2 is 1.70 bits per heavy atom. The fourth-order valence-corrected chi connectivity index (χ4v) is 3.19. The Morgan fingerprint density at radius 1 is 1.00 bits per heavy atom. The van der Waals surface area contributed by atoms with E-state index in [4.69, 9.17) is 0 Å². The fraction of sp³-hybridized carbons (Fsp3) is 0.529. The van der Waals surface area contributed by atoms with Gasteiger partial charge in [0.1, 0.15) is 5.78 Å². The Balaban J connectivity index is 1.65. The van der Waals surface area contributed by atoms with Gasteiger partial charge < -0.3 is 4.90 Å². The van der Waals surface area contributed by atoms with E-state index in [9.17, 15) is 9.59 Å². The quantitative estimate of drug-likeness (QED) is 0.827. The molecule has 0 aromatic heterocycles. The van der Waals surface area contributed by atoms with Crippen LogP contribution >= 0.6 is 0 Å². The fourth-order valence-electron chi connectivity index (χ4n) is 3.19. The number of aryl methyl sites for hydroxylation is 2. The van der Waals surface area contributed by atoms with Gasteiger partial charge in [-0.2, -0.15) is 0 Å². The van der Waals surface area contributed by atoms with Crippen LogP contribution in [0.2, 0.25) is 0 Å². The van der Waals surface area contributed by atoms with Gasteiger partial charge in [0.2, 0.25) is 5.91 Å². The summed E-state index contributed by atoms with van der Waals surface area (Å²) < 4.78 is 0. The van der Waals surface area contributed by atoms with Gasteiger partial charge in [0.05, 0.1) is 6.42 Å². The first-order chi connectivity index (χ1) is 9.72. The van der Waals surface area contributed by atoms with Gasteiger partial charge in [0.25, 0.3) is 0 Å². The molecule has 0 bridgehead atoms. The summed E-state index contributed by atoms with van der Waals surface area (Å²) in [5, 5.41) is 0. The Bertz CT molecular complexity index is 526. The van der Waals surface area contributed by atoms with Crippen molar-refractivity contribution in [2.24, 2.45) is 0 Å². The zero-order valence-electron chi connectivity index (χ0n) is 11.9. The molecule has 0 radical (unpaired) electrons. The van der Waals surface area contributed by atoms with Gasteiger partial charge in [-0.1, -0.05) is 18.2 Å². The molecule has 1 saturated heterocycles. The van der Waals surface area contributed by atoms with Crippen molar-refractivity contribution in [1.29, 1.82) is 0 Å². The molecule has 0 unspecified atom stereocenters. The summed E-state index contributed by atoms with van der Waals surface area (Å²) in [5.74, 6) is 0.441. The van der Waals surface area contributed by atoms with Gasteiger partial charge in [-0.3, -0.25) is 9.59 Å². The van der Waals surface area contributed by atoms with Crippen LogP contribution in [-0.2, 0) is 28.9 Å². The van der Waals surface area contributed by atoms with Gasteiger partial charge in [-0.15, -0.1) is 0 Å². The summed E-state index contributed by atoms with van der Waals surface area (Å²) in [5.41, 5.74) is 4.00. The maximum Gasteiger partial charge on any atom is 0.227 e. The highest BCUT2D eigenvalue weighted by molar-refractivity contribution is 5.84. The minimum atomic E-state index is 0.160. The maximum absolute atomic E-state index is 12.3. The van der Waals surface area contributed by atoms with E-state index in [2.05, 4.69) is 18.2 Å². The first-order valence-corrected chi connectivity index (χ1v) is 7.62. The molecule has 1 aromatic carbocycles. The number of ketones is 1. The molecular formula is C17H21NO2. The van der Waals surface area contributed by atoms with Gasteiger partial charge in [0, 0.05) is 25.9 Å². The van der Waals surface area contributed by atoms with Crippen LogP contribution in [0.1, 0.15) is 42.4 Å². The number of likely N-dealkylation sites (tertiary alicyclic amines) is 1. The lowest BCUT2D eigenvalue weighted by molar-refractivity contribution is -0.133. The molecular weight excluding hydrogens is 250 g/mol. The van der Waals surface area contributed by atoms with Crippen molar-refractivity contribution >= 4 is 11.7 Å². The SMILES string of the molecule is O=C1CCN(C(=O)Cc2ccc3c(c2)CCCC3)CC1. The van der Waals surface area contributed by atoms with E-state index >= 15 is 0 Å². The topological polar surface area (TPSA) is 37.4 Å². The summed E-state index contributed by atoms with van der Waals surface area (Å²) in [6, 6.07) is 6.50. The van der Waals surface area contributed by atoms with Crippen molar-refractivity contribution in [2.45, 2.75) is 44.9 Å². The number of carbonyl (C=O) groups is 2. The predicted molar refractivity (Wildman–Crippen MR) is 77.6 cm³/mol. The second-order valence-corrected chi connectivity index (χ2v) is 5.91. The van der Waals surface area contributed by atoms with Crippen molar-refractivity contribution in [3.63, 3.8) is 0 Å². The molecule has 1 fully saturated rings. The Labute approximate surface area is 120 Å². The minimum absolute atomic E-state index is 0.160. The Morgan fingerprint density at radius 3 is 2.45 bits per heavy atom. The highest BCUT2D eigenvalue weighted by Gasteiger charge is 2.21. The standard InChI is InChI=1S/C17H21NO2/c19-16-7-9-18(10-8-16)17(20)12-13-5-6-14-3-1-2-4-15(14)11-13/h5-6,11H,1-4,7-10,12H2. The summed E-state index contributed by atoms with van der Waals surface area (Å²) in [4.78, 5) is 25.3. The van der Waals surface area contributed by atoms with E-state index in [1.165, 1.54) is 30.4 Å². The monoisotopic (exact) mass is 271 g/mol. The number of piperidine rings is 1. The Hall–Kier alpha value is -1.64. The van der Waals surface area contributed by atoms with E-state index in [1.54, 1.807) is 0 Å². The van der Waals surface area contributed by atoms with Crippen LogP contribution in [0, 0.1) is 0 Å². The smallest absolute Gasteiger partial charge is 0.227 e. The molecule has 3 rings (SSSR count). The van der Waals surface area contributed by atoms with Crippen LogP contribution in [0.4, 0.5) is 0 Å². The zero-order chi connectivity index (χ0) is 13.9. The molecule has 2 aliphatic rings.